The number of aliphatic hydroxyl groups excluding tert-OH is 1. The first kappa shape index (κ1) is 18.2. The molecule has 0 bridgehead atoms. The summed E-state index contributed by atoms with van der Waals surface area (Å²) in [7, 11) is -0.429. The lowest BCUT2D eigenvalue weighted by molar-refractivity contribution is -0.141. The normalized spacial score (nSPS) is 14.3. The lowest BCUT2D eigenvalue weighted by atomic mass is 10.1. The Balaban J connectivity index is 2.59. The quantitative estimate of drug-likeness (QED) is 0.710. The van der Waals surface area contributed by atoms with Crippen LogP contribution in [0.2, 0.25) is 0 Å². The minimum Gasteiger partial charge on any atom is -0.480 e. The average Bonchev–Trinajstić information content (AvgIpc) is 2.50. The summed E-state index contributed by atoms with van der Waals surface area (Å²) in [6.07, 6.45) is -1.37. The molecule has 0 saturated carbocycles. The van der Waals surface area contributed by atoms with Gasteiger partial charge in [0.15, 0.2) is 0 Å². The first-order chi connectivity index (χ1) is 11.1. The minimum atomic E-state index is -4.13. The molecule has 0 amide bonds. The molecule has 130 valence electrons. The monoisotopic (exact) mass is 360 g/mol. The molecule has 0 aliphatic heterocycles. The lowest BCUT2D eigenvalue weighted by Crippen LogP contribution is -2.47. The van der Waals surface area contributed by atoms with Crippen molar-refractivity contribution in [2.75, 3.05) is 19.0 Å². The number of carboxylic acids is 1. The van der Waals surface area contributed by atoms with Crippen LogP contribution in [0.15, 0.2) is 41.3 Å². The van der Waals surface area contributed by atoms with Crippen LogP contribution in [0.3, 0.4) is 0 Å². The smallest absolute Gasteiger partial charge is 0.324 e. The van der Waals surface area contributed by atoms with Gasteiger partial charge in [0.05, 0.1) is 11.0 Å². The lowest BCUT2D eigenvalue weighted by Gasteiger charge is -2.19. The maximum atomic E-state index is 12.6. The number of hydrogen-bond donors (Lipinski definition) is 3. The van der Waals surface area contributed by atoms with Gasteiger partial charge < -0.3 is 15.1 Å². The van der Waals surface area contributed by atoms with Gasteiger partial charge in [0.25, 0.3) is 0 Å². The molecule has 2 aromatic rings. The average molecular weight is 360 g/mol. The predicted molar refractivity (Wildman–Crippen MR) is 91.7 cm³/mol. The second-order valence-corrected chi connectivity index (χ2v) is 7.38. The van der Waals surface area contributed by atoms with Crippen LogP contribution in [0.5, 0.6) is 0 Å². The van der Waals surface area contributed by atoms with Gasteiger partial charge in [-0.1, -0.05) is 24.3 Å². The molecule has 7 nitrogen and oxygen atoms in total. The van der Waals surface area contributed by atoms with Crippen molar-refractivity contribution in [1.82, 2.24) is 4.72 Å². The third-order valence-corrected chi connectivity index (χ3v) is 5.16. The van der Waals surface area contributed by atoms with Crippen LogP contribution in [-0.2, 0) is 14.8 Å². The third-order valence-electron chi connectivity index (χ3n) is 3.66. The Labute approximate surface area is 140 Å². The van der Waals surface area contributed by atoms with E-state index in [-0.39, 0.29) is 4.90 Å². The van der Waals surface area contributed by atoms with E-state index in [0.717, 1.165) is 11.1 Å². The Hall–Kier alpha value is -2.16. The van der Waals surface area contributed by atoms with Crippen LogP contribution >= 0.6 is 0 Å². The molecule has 0 saturated heterocycles. The molecule has 0 spiro atoms. The number of nitrogens with zero attached hydrogens (tertiary/aromatic N) is 1. The van der Waals surface area contributed by atoms with E-state index in [1.54, 1.807) is 24.3 Å². The molecule has 0 aliphatic carbocycles. The summed E-state index contributed by atoms with van der Waals surface area (Å²) in [5.41, 5.74) is 0.842. The Morgan fingerprint density at radius 1 is 1.17 bits per heavy atom. The molecule has 24 heavy (non-hydrogen) atoms. The van der Waals surface area contributed by atoms with E-state index in [1.807, 2.05) is 25.1 Å². The molecule has 8 heteroatoms. The Bertz CT molecular complexity index is 862. The summed E-state index contributed by atoms with van der Waals surface area (Å²) in [6, 6.07) is 8.44. The molecule has 0 aliphatic rings. The fraction of sp³-hybridized carbons (Fsp3) is 0.312. The van der Waals surface area contributed by atoms with Gasteiger partial charge in [-0.3, -0.25) is 4.79 Å². The fourth-order valence-electron chi connectivity index (χ4n) is 2.47. The number of carbonyl (C=O) groups is 1. The first-order valence-corrected chi connectivity index (χ1v) is 8.75. The molecule has 2 atom stereocenters. The SMILES string of the molecule is CN(C)c1cccc2c(S(=O)(=O)N[14C@@H]([14C](=O)O)[14CH]([14CH3])O)cccc12. The summed E-state index contributed by atoms with van der Waals surface area (Å²) in [6.45, 7) is 1.22. The number of sulfonamides is 1. The summed E-state index contributed by atoms with van der Waals surface area (Å²) in [4.78, 5) is 13.0. The molecule has 3 N–H and O–H groups in total. The number of benzene rings is 2. The van der Waals surface area contributed by atoms with Crippen molar-refractivity contribution in [3.05, 3.63) is 36.4 Å². The Morgan fingerprint density at radius 2 is 1.75 bits per heavy atom. The van der Waals surface area contributed by atoms with Gasteiger partial charge in [-0.05, 0) is 19.1 Å². The van der Waals surface area contributed by atoms with Gasteiger partial charge in [-0.2, -0.15) is 4.72 Å². The molecule has 0 fully saturated rings. The molecular weight excluding hydrogens is 340 g/mol. The van der Waals surface area contributed by atoms with Gasteiger partial charge in [0.2, 0.25) is 10.0 Å². The molecule has 0 heterocycles. The van der Waals surface area contributed by atoms with Crippen LogP contribution in [-0.4, -0.2) is 50.8 Å². The van der Waals surface area contributed by atoms with Gasteiger partial charge >= 0.3 is 5.97 Å². The molecular formula is C16H20N2O5S. The van der Waals surface area contributed by atoms with Crippen LogP contribution in [0, 0.1) is 0 Å². The van der Waals surface area contributed by atoms with E-state index in [9.17, 15) is 18.3 Å². The van der Waals surface area contributed by atoms with Gasteiger partial charge in [0.1, 0.15) is 6.04 Å². The largest absolute Gasteiger partial charge is 0.480 e. The van der Waals surface area contributed by atoms with Crippen LogP contribution < -0.4 is 9.62 Å². The molecule has 0 radical (unpaired) electrons. The highest BCUT2D eigenvalue weighted by atomic mass is 32.2. The topological polar surface area (TPSA) is 107 Å². The van der Waals surface area contributed by atoms with E-state index < -0.39 is 28.1 Å². The number of carboxylic acid groups (broad SMARTS) is 1. The zero-order valence-electron chi connectivity index (χ0n) is 13.6. The summed E-state index contributed by atoms with van der Waals surface area (Å²) in [5.74, 6) is -1.44. The van der Waals surface area contributed by atoms with Crippen LogP contribution in [0.4, 0.5) is 5.69 Å². The number of anilines is 1. The molecule has 2 aromatic carbocycles. The second-order valence-electron chi connectivity index (χ2n) is 5.70. The number of nitrogens with one attached hydrogen (secondary N) is 1. The van der Waals surface area contributed by atoms with Crippen molar-refractivity contribution in [3.8, 4) is 0 Å². The molecule has 1 unspecified atom stereocenters. The van der Waals surface area contributed by atoms with Crippen molar-refractivity contribution in [2.24, 2.45) is 0 Å². The number of rotatable bonds is 6. The van der Waals surface area contributed by atoms with Crippen molar-refractivity contribution in [3.63, 3.8) is 0 Å². The third kappa shape index (κ3) is 3.50. The number of hydrogen-bond acceptors (Lipinski definition) is 5. The highest BCUT2D eigenvalue weighted by Gasteiger charge is 2.30. The van der Waals surface area contributed by atoms with Crippen molar-refractivity contribution in [2.45, 2.75) is 24.0 Å². The number of fused-ring (bicyclic) bond motifs is 1. The molecule has 0 aromatic heterocycles. The number of aliphatic hydroxyl groups is 1. The Morgan fingerprint density at radius 3 is 2.29 bits per heavy atom. The van der Waals surface area contributed by atoms with Gasteiger partial charge in [-0.15, -0.1) is 0 Å². The highest BCUT2D eigenvalue weighted by molar-refractivity contribution is 7.89. The van der Waals surface area contributed by atoms with E-state index >= 15 is 0 Å². The first-order valence-electron chi connectivity index (χ1n) is 7.27. The highest BCUT2D eigenvalue weighted by Crippen LogP contribution is 2.30. The van der Waals surface area contributed by atoms with Crippen LogP contribution in [0.1, 0.15) is 6.92 Å². The van der Waals surface area contributed by atoms with E-state index in [2.05, 4.69) is 4.72 Å². The van der Waals surface area contributed by atoms with E-state index in [1.165, 1.54) is 13.0 Å². The van der Waals surface area contributed by atoms with Gasteiger partial charge in [0, 0.05) is 30.6 Å². The maximum Gasteiger partial charge on any atom is 0.324 e. The van der Waals surface area contributed by atoms with E-state index in [0.29, 0.717) is 5.39 Å². The number of aliphatic carboxylic acids is 1. The maximum absolute atomic E-state index is 12.6. The van der Waals surface area contributed by atoms with Crippen molar-refractivity contribution >= 4 is 32.5 Å². The molecule has 2 rings (SSSR count). The summed E-state index contributed by atoms with van der Waals surface area (Å²) >= 11 is 0. The zero-order valence-corrected chi connectivity index (χ0v) is 14.4. The van der Waals surface area contributed by atoms with Crippen molar-refractivity contribution < 1.29 is 23.4 Å². The zero-order chi connectivity index (χ0) is 18.1. The summed E-state index contributed by atoms with van der Waals surface area (Å²) in [5, 5.41) is 19.8. The van der Waals surface area contributed by atoms with Gasteiger partial charge in [-0.25, -0.2) is 8.42 Å². The summed E-state index contributed by atoms with van der Waals surface area (Å²) < 4.78 is 27.4. The fourth-order valence-corrected chi connectivity index (χ4v) is 3.96. The van der Waals surface area contributed by atoms with E-state index in [4.69, 9.17) is 5.11 Å². The minimum absolute atomic E-state index is 0.0319. The Kier molecular flexibility index (Phi) is 5.12. The predicted octanol–water partition coefficient (Wildman–Crippen LogP) is 1.02. The standard InChI is InChI=1S/C16H20N2O5S/c1-10(19)15(16(20)21)17-24(22,23)14-9-5-6-11-12(14)7-4-8-13(11)18(2)3/h4-10,15,17,19H,1-3H3,(H,20,21)/t10?,15-/m1/s1/i1+2,10+2,15+2,16+2. The van der Waals surface area contributed by atoms with Crippen molar-refractivity contribution in [1.29, 1.82) is 0 Å². The van der Waals surface area contributed by atoms with Crippen LogP contribution in [0.25, 0.3) is 10.8 Å². The second kappa shape index (κ2) is 6.76.